The third kappa shape index (κ3) is 1.91. The van der Waals surface area contributed by atoms with E-state index in [1.807, 2.05) is 0 Å². The van der Waals surface area contributed by atoms with Crippen LogP contribution in [0.1, 0.15) is 13.8 Å². The van der Waals surface area contributed by atoms with Crippen LogP contribution in [-0.2, 0) is 9.47 Å². The molecule has 1 aliphatic heterocycles. The molecule has 0 N–H and O–H groups in total. The molecular weight excluding hydrogens is 123 g/mol. The normalized spacial score (nSPS) is 45.0. The Morgan fingerprint density at radius 2 is 1.89 bits per heavy atom. The van der Waals surface area contributed by atoms with E-state index in [0.717, 1.165) is 0 Å². The number of halogens is 1. The number of hydrogen-bond acceptors (Lipinski definition) is 2. The molecule has 0 aromatic heterocycles. The average molecular weight is 134 g/mol. The van der Waals surface area contributed by atoms with Crippen LogP contribution in [0.15, 0.2) is 0 Å². The van der Waals surface area contributed by atoms with E-state index in [1.54, 1.807) is 6.92 Å². The van der Waals surface area contributed by atoms with Gasteiger partial charge in [0.05, 0.1) is 13.2 Å². The van der Waals surface area contributed by atoms with Crippen molar-refractivity contribution < 1.29 is 13.9 Å². The third-order valence-corrected chi connectivity index (χ3v) is 1.24. The van der Waals surface area contributed by atoms with E-state index in [-0.39, 0.29) is 19.5 Å². The molecule has 3 heteroatoms. The van der Waals surface area contributed by atoms with Crippen LogP contribution in [0, 0.1) is 0 Å². The lowest BCUT2D eigenvalue weighted by Gasteiger charge is -2.29. The van der Waals surface area contributed by atoms with E-state index < -0.39 is 5.67 Å². The number of rotatable bonds is 0. The molecule has 1 rings (SSSR count). The molecule has 0 aromatic carbocycles. The van der Waals surface area contributed by atoms with Crippen molar-refractivity contribution in [3.63, 3.8) is 0 Å². The maximum atomic E-state index is 12.8. The van der Waals surface area contributed by atoms with E-state index in [0.29, 0.717) is 0 Å². The maximum absolute atomic E-state index is 12.8. The third-order valence-electron chi connectivity index (χ3n) is 1.24. The topological polar surface area (TPSA) is 18.5 Å². The van der Waals surface area contributed by atoms with Crippen molar-refractivity contribution in [2.45, 2.75) is 25.8 Å². The molecule has 2 nitrogen and oxygen atoms in total. The van der Waals surface area contributed by atoms with Crippen molar-refractivity contribution in [2.24, 2.45) is 0 Å². The van der Waals surface area contributed by atoms with Gasteiger partial charge in [-0.15, -0.1) is 0 Å². The first-order valence-corrected chi connectivity index (χ1v) is 3.02. The summed E-state index contributed by atoms with van der Waals surface area (Å²) in [4.78, 5) is 0. The van der Waals surface area contributed by atoms with Crippen LogP contribution < -0.4 is 0 Å². The van der Waals surface area contributed by atoms with Crippen LogP contribution in [0.5, 0.6) is 0 Å². The van der Waals surface area contributed by atoms with Crippen LogP contribution in [0.2, 0.25) is 0 Å². The highest BCUT2D eigenvalue weighted by Crippen LogP contribution is 2.18. The van der Waals surface area contributed by atoms with Gasteiger partial charge in [-0.3, -0.25) is 0 Å². The molecule has 54 valence electrons. The van der Waals surface area contributed by atoms with Crippen molar-refractivity contribution >= 4 is 0 Å². The van der Waals surface area contributed by atoms with Gasteiger partial charge in [0.1, 0.15) is 0 Å². The predicted octanol–water partition coefficient (Wildman–Crippen LogP) is 1.11. The van der Waals surface area contributed by atoms with Gasteiger partial charge in [0, 0.05) is 0 Å². The van der Waals surface area contributed by atoms with Crippen molar-refractivity contribution in [3.8, 4) is 0 Å². The fourth-order valence-electron chi connectivity index (χ4n) is 0.672. The zero-order valence-corrected chi connectivity index (χ0v) is 5.69. The lowest BCUT2D eigenvalue weighted by atomic mass is 10.1. The van der Waals surface area contributed by atoms with Gasteiger partial charge in [-0.25, -0.2) is 4.39 Å². The largest absolute Gasteiger partial charge is 0.350 e. The Morgan fingerprint density at radius 1 is 1.44 bits per heavy atom. The van der Waals surface area contributed by atoms with Crippen LogP contribution in [0.25, 0.3) is 0 Å². The second-order valence-corrected chi connectivity index (χ2v) is 2.60. The molecule has 0 atom stereocenters. The summed E-state index contributed by atoms with van der Waals surface area (Å²) in [5, 5.41) is 0. The summed E-state index contributed by atoms with van der Waals surface area (Å²) in [6.07, 6.45) is -0.242. The van der Waals surface area contributed by atoms with E-state index in [4.69, 9.17) is 9.47 Å². The van der Waals surface area contributed by atoms with Gasteiger partial charge >= 0.3 is 0 Å². The highest BCUT2D eigenvalue weighted by molar-refractivity contribution is 4.74. The molecule has 0 unspecified atom stereocenters. The molecule has 1 heterocycles. The van der Waals surface area contributed by atoms with Gasteiger partial charge in [0.15, 0.2) is 12.0 Å². The Bertz CT molecular complexity index is 93.2. The molecule has 0 aliphatic carbocycles. The molecule has 1 fully saturated rings. The van der Waals surface area contributed by atoms with E-state index in [1.165, 1.54) is 6.92 Å². The van der Waals surface area contributed by atoms with E-state index in [9.17, 15) is 4.39 Å². The molecule has 0 aromatic rings. The Morgan fingerprint density at radius 3 is 2.22 bits per heavy atom. The predicted molar refractivity (Wildman–Crippen MR) is 30.9 cm³/mol. The lowest BCUT2D eigenvalue weighted by Crippen LogP contribution is -2.40. The molecule has 0 bridgehead atoms. The minimum absolute atomic E-state index is 0.147. The first-order chi connectivity index (χ1) is 4.10. The quantitative estimate of drug-likeness (QED) is 0.494. The molecule has 0 amide bonds. The summed E-state index contributed by atoms with van der Waals surface area (Å²) >= 11 is 0. The van der Waals surface area contributed by atoms with Crippen molar-refractivity contribution in [2.75, 3.05) is 13.2 Å². The average Bonchev–Trinajstić information content (AvgIpc) is 1.78. The van der Waals surface area contributed by atoms with Gasteiger partial charge in [-0.1, -0.05) is 0 Å². The summed E-state index contributed by atoms with van der Waals surface area (Å²) in [5.74, 6) is 0. The SMILES string of the molecule is CC1OCC(C)(F)CO1. The Balaban J connectivity index is 2.35. The Labute approximate surface area is 54.0 Å². The van der Waals surface area contributed by atoms with Crippen molar-refractivity contribution in [1.29, 1.82) is 0 Å². The highest BCUT2D eigenvalue weighted by atomic mass is 19.1. The molecule has 0 radical (unpaired) electrons. The standard InChI is InChI=1S/C6H11FO2/c1-5-8-3-6(2,7)4-9-5/h5H,3-4H2,1-2H3. The van der Waals surface area contributed by atoms with Gasteiger partial charge in [0.25, 0.3) is 0 Å². The zero-order chi connectivity index (χ0) is 6.91. The minimum atomic E-state index is -1.29. The summed E-state index contributed by atoms with van der Waals surface area (Å²) in [7, 11) is 0. The number of ether oxygens (including phenoxy) is 2. The van der Waals surface area contributed by atoms with Gasteiger partial charge in [-0.05, 0) is 13.8 Å². The number of alkyl halides is 1. The summed E-state index contributed by atoms with van der Waals surface area (Å²) in [5.41, 5.74) is -1.29. The van der Waals surface area contributed by atoms with Crippen LogP contribution in [-0.4, -0.2) is 25.2 Å². The minimum Gasteiger partial charge on any atom is -0.350 e. The second-order valence-electron chi connectivity index (χ2n) is 2.60. The fourth-order valence-corrected chi connectivity index (χ4v) is 0.672. The van der Waals surface area contributed by atoms with Gasteiger partial charge in [-0.2, -0.15) is 0 Å². The summed E-state index contributed by atoms with van der Waals surface area (Å²) in [6.45, 7) is 3.52. The maximum Gasteiger partial charge on any atom is 0.155 e. The van der Waals surface area contributed by atoms with Crippen molar-refractivity contribution in [3.05, 3.63) is 0 Å². The van der Waals surface area contributed by atoms with E-state index in [2.05, 4.69) is 0 Å². The first-order valence-electron chi connectivity index (χ1n) is 3.02. The second kappa shape index (κ2) is 2.23. The highest BCUT2D eigenvalue weighted by Gasteiger charge is 2.30. The Kier molecular flexibility index (Phi) is 1.73. The van der Waals surface area contributed by atoms with Crippen LogP contribution in [0.3, 0.4) is 0 Å². The zero-order valence-electron chi connectivity index (χ0n) is 5.69. The molecule has 1 saturated heterocycles. The Hall–Kier alpha value is -0.150. The van der Waals surface area contributed by atoms with Crippen molar-refractivity contribution in [1.82, 2.24) is 0 Å². The van der Waals surface area contributed by atoms with Gasteiger partial charge < -0.3 is 9.47 Å². The smallest absolute Gasteiger partial charge is 0.155 e. The van der Waals surface area contributed by atoms with Gasteiger partial charge in [0.2, 0.25) is 0 Å². The van der Waals surface area contributed by atoms with Crippen LogP contribution in [0.4, 0.5) is 4.39 Å². The monoisotopic (exact) mass is 134 g/mol. The number of hydrogen-bond donors (Lipinski definition) is 0. The molecule has 0 saturated carbocycles. The fraction of sp³-hybridized carbons (Fsp3) is 1.00. The summed E-state index contributed by atoms with van der Waals surface area (Å²) < 4.78 is 22.6. The van der Waals surface area contributed by atoms with E-state index >= 15 is 0 Å². The molecule has 0 spiro atoms. The van der Waals surface area contributed by atoms with Crippen LogP contribution >= 0.6 is 0 Å². The first kappa shape index (κ1) is 6.96. The molecular formula is C6H11FO2. The molecule has 1 aliphatic rings. The lowest BCUT2D eigenvalue weighted by molar-refractivity contribution is -0.219. The molecule has 9 heavy (non-hydrogen) atoms. The summed E-state index contributed by atoms with van der Waals surface area (Å²) in [6, 6.07) is 0.